The number of hydrogen-bond donors (Lipinski definition) is 2. The predicted molar refractivity (Wildman–Crippen MR) is 120 cm³/mol. The molecule has 0 spiro atoms. The topological polar surface area (TPSA) is 114 Å². The van der Waals surface area contributed by atoms with E-state index in [0.29, 0.717) is 36.6 Å². The lowest BCUT2D eigenvalue weighted by atomic mass is 10.1. The average Bonchev–Trinajstić information content (AvgIpc) is 2.79. The van der Waals surface area contributed by atoms with Crippen molar-refractivity contribution in [2.24, 2.45) is 0 Å². The Kier molecular flexibility index (Phi) is 8.18. The second-order valence-electron chi connectivity index (χ2n) is 7.42. The van der Waals surface area contributed by atoms with Crippen LogP contribution in [0.15, 0.2) is 36.4 Å². The summed E-state index contributed by atoms with van der Waals surface area (Å²) in [4.78, 5) is 23.8. The fourth-order valence-electron chi connectivity index (χ4n) is 3.32. The van der Waals surface area contributed by atoms with E-state index in [4.69, 9.17) is 14.6 Å². The summed E-state index contributed by atoms with van der Waals surface area (Å²) in [7, 11) is 1.75. The third kappa shape index (κ3) is 6.90. The molecule has 1 saturated heterocycles. The van der Waals surface area contributed by atoms with Crippen LogP contribution in [0.1, 0.15) is 30.4 Å². The Bertz CT molecular complexity index is 1060. The maximum absolute atomic E-state index is 13.2. The predicted octanol–water partition coefficient (Wildman–Crippen LogP) is 4.20. The van der Waals surface area contributed by atoms with E-state index in [1.54, 1.807) is 11.9 Å². The third-order valence-corrected chi connectivity index (χ3v) is 5.02. The van der Waals surface area contributed by atoms with E-state index in [-0.39, 0.29) is 12.0 Å². The van der Waals surface area contributed by atoms with Crippen LogP contribution >= 0.6 is 0 Å². The monoisotopic (exact) mass is 457 g/mol. The van der Waals surface area contributed by atoms with Crippen LogP contribution in [0.3, 0.4) is 0 Å². The van der Waals surface area contributed by atoms with Crippen molar-refractivity contribution in [3.63, 3.8) is 0 Å². The fraction of sp³-hybridized carbons (Fsp3) is 0.348. The van der Waals surface area contributed by atoms with Gasteiger partial charge in [0.2, 0.25) is 0 Å². The van der Waals surface area contributed by atoms with Gasteiger partial charge in [0.15, 0.2) is 6.29 Å². The molecule has 2 aromatic rings. The molecule has 2 N–H and O–H groups in total. The van der Waals surface area contributed by atoms with Crippen molar-refractivity contribution >= 4 is 23.2 Å². The van der Waals surface area contributed by atoms with E-state index in [0.717, 1.165) is 19.3 Å². The Hall–Kier alpha value is -3.68. The van der Waals surface area contributed by atoms with Gasteiger partial charge in [-0.1, -0.05) is 11.8 Å². The lowest BCUT2D eigenvalue weighted by Crippen LogP contribution is -2.28. The second kappa shape index (κ2) is 11.3. The number of hydrogen-bond acceptors (Lipinski definition) is 6. The highest BCUT2D eigenvalue weighted by Crippen LogP contribution is 2.33. The number of halogens is 1. The molecule has 10 heteroatoms. The van der Waals surface area contributed by atoms with Gasteiger partial charge in [-0.05, 0) is 49.6 Å². The summed E-state index contributed by atoms with van der Waals surface area (Å²) < 4.78 is 24.5. The quantitative estimate of drug-likeness (QED) is 0.364. The van der Waals surface area contributed by atoms with E-state index in [1.165, 1.54) is 36.4 Å². The molecule has 0 radical (unpaired) electrons. The van der Waals surface area contributed by atoms with Crippen molar-refractivity contribution in [1.29, 1.82) is 0 Å². The van der Waals surface area contributed by atoms with Crippen LogP contribution in [0.4, 0.5) is 26.2 Å². The Balaban J connectivity index is 1.89. The molecule has 1 atom stereocenters. The maximum Gasteiger partial charge on any atom is 0.409 e. The molecule has 1 fully saturated rings. The van der Waals surface area contributed by atoms with E-state index in [9.17, 15) is 19.3 Å². The molecule has 1 aliphatic rings. The number of amides is 1. The summed E-state index contributed by atoms with van der Waals surface area (Å²) in [6, 6.07) is 8.13. The molecule has 1 unspecified atom stereocenters. The van der Waals surface area contributed by atoms with Crippen LogP contribution in [0, 0.1) is 27.8 Å². The van der Waals surface area contributed by atoms with Gasteiger partial charge in [0, 0.05) is 31.8 Å². The molecule has 0 saturated carbocycles. The molecular weight excluding hydrogens is 433 g/mol. The van der Waals surface area contributed by atoms with Crippen molar-refractivity contribution in [3.05, 3.63) is 63.5 Å². The standard InChI is InChI=1S/C23H24FN3O6/c1-26(11-13-33-22-4-2-3-12-32-22)20-15-19(25-23(28)29)21(27(30)31)14-17(20)8-5-16-6-9-18(24)10-7-16/h6-7,9-10,14-15,22,25H,2-4,11-13H2,1H3,(H,28,29). The van der Waals surface area contributed by atoms with Gasteiger partial charge in [-0.3, -0.25) is 15.4 Å². The smallest absolute Gasteiger partial charge is 0.409 e. The molecule has 0 aliphatic carbocycles. The van der Waals surface area contributed by atoms with Crippen molar-refractivity contribution in [2.45, 2.75) is 25.6 Å². The van der Waals surface area contributed by atoms with Crippen molar-refractivity contribution in [1.82, 2.24) is 0 Å². The van der Waals surface area contributed by atoms with Gasteiger partial charge in [0.1, 0.15) is 11.5 Å². The second-order valence-corrected chi connectivity index (χ2v) is 7.42. The summed E-state index contributed by atoms with van der Waals surface area (Å²) in [5.41, 5.74) is 0.728. The van der Waals surface area contributed by atoms with Gasteiger partial charge in [0.25, 0.3) is 5.69 Å². The Morgan fingerprint density at radius 3 is 2.73 bits per heavy atom. The van der Waals surface area contributed by atoms with Gasteiger partial charge < -0.3 is 19.5 Å². The molecule has 2 aromatic carbocycles. The van der Waals surface area contributed by atoms with E-state index in [2.05, 4.69) is 17.2 Å². The molecule has 33 heavy (non-hydrogen) atoms. The molecule has 174 valence electrons. The summed E-state index contributed by atoms with van der Waals surface area (Å²) in [5.74, 6) is 5.35. The number of ether oxygens (including phenoxy) is 2. The minimum atomic E-state index is -1.42. The van der Waals surface area contributed by atoms with Crippen LogP contribution in [0.25, 0.3) is 0 Å². The van der Waals surface area contributed by atoms with Crippen LogP contribution in [0.5, 0.6) is 0 Å². The number of carboxylic acid groups (broad SMARTS) is 1. The Morgan fingerprint density at radius 2 is 2.09 bits per heavy atom. The van der Waals surface area contributed by atoms with E-state index >= 15 is 0 Å². The highest BCUT2D eigenvalue weighted by atomic mass is 19.1. The number of carbonyl (C=O) groups is 1. The highest BCUT2D eigenvalue weighted by molar-refractivity contribution is 5.89. The van der Waals surface area contributed by atoms with Crippen LogP contribution in [-0.2, 0) is 9.47 Å². The largest absolute Gasteiger partial charge is 0.465 e. The van der Waals surface area contributed by atoms with Crippen molar-refractivity contribution < 1.29 is 28.7 Å². The minimum Gasteiger partial charge on any atom is -0.465 e. The molecule has 1 aliphatic heterocycles. The third-order valence-electron chi connectivity index (χ3n) is 5.02. The lowest BCUT2D eigenvalue weighted by molar-refractivity contribution is -0.383. The molecule has 1 heterocycles. The summed E-state index contributed by atoms with van der Waals surface area (Å²) >= 11 is 0. The Morgan fingerprint density at radius 1 is 1.33 bits per heavy atom. The van der Waals surface area contributed by atoms with Gasteiger partial charge in [-0.25, -0.2) is 9.18 Å². The summed E-state index contributed by atoms with van der Waals surface area (Å²) in [6.45, 7) is 1.41. The van der Waals surface area contributed by atoms with Crippen LogP contribution < -0.4 is 10.2 Å². The van der Waals surface area contributed by atoms with E-state index in [1.807, 2.05) is 0 Å². The van der Waals surface area contributed by atoms with Crippen LogP contribution in [0.2, 0.25) is 0 Å². The molecular formula is C23H24FN3O6. The molecule has 3 rings (SSSR count). The number of nitro benzene ring substituents is 1. The van der Waals surface area contributed by atoms with Gasteiger partial charge in [0.05, 0.1) is 22.8 Å². The van der Waals surface area contributed by atoms with Crippen molar-refractivity contribution in [2.75, 3.05) is 37.0 Å². The van der Waals surface area contributed by atoms with Gasteiger partial charge >= 0.3 is 6.09 Å². The lowest BCUT2D eigenvalue weighted by Gasteiger charge is -2.25. The number of benzene rings is 2. The number of nitrogens with zero attached hydrogens (tertiary/aromatic N) is 2. The number of likely N-dealkylation sites (N-methyl/N-ethyl adjacent to an activating group) is 1. The highest BCUT2D eigenvalue weighted by Gasteiger charge is 2.21. The van der Waals surface area contributed by atoms with Gasteiger partial charge in [-0.15, -0.1) is 0 Å². The first-order valence-electron chi connectivity index (χ1n) is 10.4. The maximum atomic E-state index is 13.2. The number of nitrogens with one attached hydrogen (secondary N) is 1. The first kappa shape index (κ1) is 24.0. The Labute approximate surface area is 190 Å². The number of nitro groups is 1. The SMILES string of the molecule is CN(CCOC1CCCCO1)c1cc(NC(=O)O)c([N+](=O)[O-])cc1C#Cc1ccc(F)cc1. The fourth-order valence-corrected chi connectivity index (χ4v) is 3.32. The molecule has 9 nitrogen and oxygen atoms in total. The minimum absolute atomic E-state index is 0.168. The zero-order chi connectivity index (χ0) is 23.8. The number of rotatable bonds is 7. The zero-order valence-electron chi connectivity index (χ0n) is 18.0. The first-order valence-corrected chi connectivity index (χ1v) is 10.4. The van der Waals surface area contributed by atoms with E-state index < -0.39 is 22.5 Å². The average molecular weight is 457 g/mol. The first-order chi connectivity index (χ1) is 15.8. The summed E-state index contributed by atoms with van der Waals surface area (Å²) in [6.07, 6.45) is 1.19. The zero-order valence-corrected chi connectivity index (χ0v) is 18.0. The molecule has 1 amide bonds. The van der Waals surface area contributed by atoms with Crippen molar-refractivity contribution in [3.8, 4) is 11.8 Å². The van der Waals surface area contributed by atoms with Crippen LogP contribution in [-0.4, -0.2) is 49.2 Å². The summed E-state index contributed by atoms with van der Waals surface area (Å²) in [5, 5.41) is 22.7. The molecule has 0 aromatic heterocycles. The number of anilines is 2. The van der Waals surface area contributed by atoms with Gasteiger partial charge in [-0.2, -0.15) is 0 Å². The normalized spacial score (nSPS) is 15.3. The molecule has 0 bridgehead atoms.